The molecule has 62 valence electrons. The largest absolute Gasteiger partial charge is 0.356 e. The van der Waals surface area contributed by atoms with Gasteiger partial charge in [-0.2, -0.15) is 12.6 Å². The zero-order chi connectivity index (χ0) is 8.53. The van der Waals surface area contributed by atoms with Crippen molar-refractivity contribution in [1.82, 2.24) is 5.32 Å². The van der Waals surface area contributed by atoms with Gasteiger partial charge in [0.2, 0.25) is 5.91 Å². The van der Waals surface area contributed by atoms with Crippen molar-refractivity contribution < 1.29 is 4.79 Å². The van der Waals surface area contributed by atoms with Crippen molar-refractivity contribution in [3.05, 3.63) is 0 Å². The molecular weight excluding hydrogens is 158 g/mol. The number of carbonyl (C=O) groups is 1. The van der Waals surface area contributed by atoms with Crippen LogP contribution in [-0.2, 0) is 4.79 Å². The molecule has 0 saturated carbocycles. The van der Waals surface area contributed by atoms with Crippen molar-refractivity contribution in [3.8, 4) is 12.3 Å². The van der Waals surface area contributed by atoms with Gasteiger partial charge >= 0.3 is 0 Å². The predicted molar refractivity (Wildman–Crippen MR) is 49.5 cm³/mol. The normalized spacial score (nSPS) is 8.73. The lowest BCUT2D eigenvalue weighted by Gasteiger charge is -2.00. The lowest BCUT2D eigenvalue weighted by Crippen LogP contribution is -2.24. The molecule has 0 aromatic rings. The molecule has 0 radical (unpaired) electrons. The van der Waals surface area contributed by atoms with Crippen LogP contribution in [0.4, 0.5) is 0 Å². The molecule has 0 bridgehead atoms. The van der Waals surface area contributed by atoms with E-state index in [1.807, 2.05) is 0 Å². The van der Waals surface area contributed by atoms with Gasteiger partial charge < -0.3 is 5.32 Å². The lowest BCUT2D eigenvalue weighted by atomic mass is 10.3. The zero-order valence-electron chi connectivity index (χ0n) is 6.47. The Morgan fingerprint density at radius 2 is 2.36 bits per heavy atom. The van der Waals surface area contributed by atoms with E-state index in [0.29, 0.717) is 18.7 Å². The van der Waals surface area contributed by atoms with Crippen molar-refractivity contribution in [2.24, 2.45) is 0 Å². The summed E-state index contributed by atoms with van der Waals surface area (Å²) in [6, 6.07) is 0. The fraction of sp³-hybridized carbons (Fsp3) is 0.625. The van der Waals surface area contributed by atoms with Crippen LogP contribution in [0.15, 0.2) is 0 Å². The average Bonchev–Trinajstić information content (AvgIpc) is 1.99. The number of nitrogens with one attached hydrogen (secondary N) is 1. The third-order valence-corrected chi connectivity index (χ3v) is 1.38. The number of rotatable bonds is 5. The number of unbranched alkanes of at least 4 members (excludes halogenated alkanes) is 1. The standard InChI is InChI=1S/C8H13NOS/c1-2-3-4-6-9-8(10)5-7-11/h1,11H,3-7H2,(H,9,10). The van der Waals surface area contributed by atoms with Crippen LogP contribution in [0.1, 0.15) is 19.3 Å². The Hall–Kier alpha value is -0.620. The van der Waals surface area contributed by atoms with Gasteiger partial charge in [0.1, 0.15) is 0 Å². The molecule has 2 nitrogen and oxygen atoms in total. The van der Waals surface area contributed by atoms with E-state index in [9.17, 15) is 4.79 Å². The fourth-order valence-electron chi connectivity index (χ4n) is 0.608. The highest BCUT2D eigenvalue weighted by Crippen LogP contribution is 1.86. The van der Waals surface area contributed by atoms with Gasteiger partial charge in [0, 0.05) is 19.4 Å². The van der Waals surface area contributed by atoms with E-state index in [0.717, 1.165) is 12.8 Å². The van der Waals surface area contributed by atoms with Gasteiger partial charge in [-0.3, -0.25) is 4.79 Å². The summed E-state index contributed by atoms with van der Waals surface area (Å²) in [6.45, 7) is 0.677. The van der Waals surface area contributed by atoms with Crippen molar-refractivity contribution in [1.29, 1.82) is 0 Å². The van der Waals surface area contributed by atoms with Crippen molar-refractivity contribution in [2.45, 2.75) is 19.3 Å². The van der Waals surface area contributed by atoms with E-state index in [4.69, 9.17) is 6.42 Å². The number of amides is 1. The maximum Gasteiger partial charge on any atom is 0.220 e. The summed E-state index contributed by atoms with van der Waals surface area (Å²) in [4.78, 5) is 10.8. The topological polar surface area (TPSA) is 29.1 Å². The third-order valence-electron chi connectivity index (χ3n) is 1.16. The molecule has 0 spiro atoms. The molecule has 0 atom stereocenters. The molecule has 0 aromatic heterocycles. The molecular formula is C8H13NOS. The van der Waals surface area contributed by atoms with Gasteiger partial charge in [-0.15, -0.1) is 12.3 Å². The van der Waals surface area contributed by atoms with E-state index >= 15 is 0 Å². The summed E-state index contributed by atoms with van der Waals surface area (Å²) in [7, 11) is 0. The van der Waals surface area contributed by atoms with E-state index < -0.39 is 0 Å². The summed E-state index contributed by atoms with van der Waals surface area (Å²) in [5.74, 6) is 3.16. The Kier molecular flexibility index (Phi) is 7.06. The molecule has 3 heteroatoms. The van der Waals surface area contributed by atoms with Gasteiger partial charge in [0.25, 0.3) is 0 Å². The van der Waals surface area contributed by atoms with Gasteiger partial charge in [-0.25, -0.2) is 0 Å². The van der Waals surface area contributed by atoms with Crippen LogP contribution in [0, 0.1) is 12.3 Å². The van der Waals surface area contributed by atoms with E-state index in [-0.39, 0.29) is 5.91 Å². The molecule has 0 saturated heterocycles. The maximum absolute atomic E-state index is 10.8. The van der Waals surface area contributed by atoms with Crippen LogP contribution >= 0.6 is 12.6 Å². The molecule has 0 heterocycles. The highest BCUT2D eigenvalue weighted by atomic mass is 32.1. The van der Waals surface area contributed by atoms with Crippen LogP contribution in [0.25, 0.3) is 0 Å². The first kappa shape index (κ1) is 10.4. The van der Waals surface area contributed by atoms with Gasteiger partial charge in [-0.1, -0.05) is 0 Å². The molecule has 0 aliphatic rings. The Balaban J connectivity index is 3.12. The highest BCUT2D eigenvalue weighted by Gasteiger charge is 1.96. The predicted octanol–water partition coefficient (Wildman–Crippen LogP) is 0.836. The second-order valence-electron chi connectivity index (χ2n) is 2.13. The number of thiol groups is 1. The molecule has 0 rings (SSSR count). The SMILES string of the molecule is C#CCCCNC(=O)CCS. The van der Waals surface area contributed by atoms with Crippen molar-refractivity contribution >= 4 is 18.5 Å². The Labute approximate surface area is 73.2 Å². The lowest BCUT2D eigenvalue weighted by molar-refractivity contribution is -0.120. The Morgan fingerprint density at radius 3 is 2.91 bits per heavy atom. The highest BCUT2D eigenvalue weighted by molar-refractivity contribution is 7.80. The Bertz CT molecular complexity index is 151. The molecule has 0 aliphatic heterocycles. The second kappa shape index (κ2) is 7.49. The number of hydrogen-bond donors (Lipinski definition) is 2. The average molecular weight is 171 g/mol. The molecule has 1 N–H and O–H groups in total. The first-order valence-electron chi connectivity index (χ1n) is 3.62. The van der Waals surface area contributed by atoms with Crippen molar-refractivity contribution in [3.63, 3.8) is 0 Å². The molecule has 0 unspecified atom stereocenters. The van der Waals surface area contributed by atoms with E-state index in [2.05, 4.69) is 23.9 Å². The first-order valence-corrected chi connectivity index (χ1v) is 4.25. The van der Waals surface area contributed by atoms with Crippen molar-refractivity contribution in [2.75, 3.05) is 12.3 Å². The van der Waals surface area contributed by atoms with Gasteiger partial charge in [0.05, 0.1) is 0 Å². The molecule has 0 fully saturated rings. The summed E-state index contributed by atoms with van der Waals surface area (Å²) < 4.78 is 0. The maximum atomic E-state index is 10.8. The molecule has 0 aliphatic carbocycles. The minimum atomic E-state index is 0.0528. The summed E-state index contributed by atoms with van der Waals surface area (Å²) >= 11 is 3.93. The van der Waals surface area contributed by atoms with Crippen LogP contribution in [0.5, 0.6) is 0 Å². The minimum absolute atomic E-state index is 0.0528. The van der Waals surface area contributed by atoms with E-state index in [1.165, 1.54) is 0 Å². The van der Waals surface area contributed by atoms with Crippen LogP contribution in [0.2, 0.25) is 0 Å². The third kappa shape index (κ3) is 7.27. The molecule has 0 aromatic carbocycles. The number of hydrogen-bond acceptors (Lipinski definition) is 2. The first-order chi connectivity index (χ1) is 5.31. The minimum Gasteiger partial charge on any atom is -0.356 e. The van der Waals surface area contributed by atoms with Gasteiger partial charge in [-0.05, 0) is 12.2 Å². The van der Waals surface area contributed by atoms with Crippen LogP contribution in [-0.4, -0.2) is 18.2 Å². The summed E-state index contributed by atoms with van der Waals surface area (Å²) in [5.41, 5.74) is 0. The quantitative estimate of drug-likeness (QED) is 0.358. The molecule has 1 amide bonds. The number of terminal acetylenes is 1. The Morgan fingerprint density at radius 1 is 1.64 bits per heavy atom. The summed E-state index contributed by atoms with van der Waals surface area (Å²) in [5, 5.41) is 2.74. The smallest absolute Gasteiger partial charge is 0.220 e. The second-order valence-corrected chi connectivity index (χ2v) is 2.58. The zero-order valence-corrected chi connectivity index (χ0v) is 7.36. The monoisotopic (exact) mass is 171 g/mol. The fourth-order valence-corrected chi connectivity index (χ4v) is 0.811. The van der Waals surface area contributed by atoms with Crippen LogP contribution < -0.4 is 5.32 Å². The van der Waals surface area contributed by atoms with Crippen LogP contribution in [0.3, 0.4) is 0 Å². The van der Waals surface area contributed by atoms with E-state index in [1.54, 1.807) is 0 Å². The van der Waals surface area contributed by atoms with Gasteiger partial charge in [0.15, 0.2) is 0 Å². The summed E-state index contributed by atoms with van der Waals surface area (Å²) in [6.07, 6.45) is 7.09. The molecule has 11 heavy (non-hydrogen) atoms. The number of carbonyl (C=O) groups excluding carboxylic acids is 1.